The van der Waals surface area contributed by atoms with Gasteiger partial charge in [-0.3, -0.25) is 0 Å². The molecule has 0 N–H and O–H groups in total. The highest BCUT2D eigenvalue weighted by Crippen LogP contribution is 2.41. The van der Waals surface area contributed by atoms with Crippen LogP contribution in [0.2, 0.25) is 0 Å². The van der Waals surface area contributed by atoms with Gasteiger partial charge in [0.05, 0.1) is 0 Å². The summed E-state index contributed by atoms with van der Waals surface area (Å²) in [5.74, 6) is 2.29. The second kappa shape index (κ2) is 3.94. The summed E-state index contributed by atoms with van der Waals surface area (Å²) < 4.78 is 5.40. The Kier molecular flexibility index (Phi) is 2.89. The van der Waals surface area contributed by atoms with Gasteiger partial charge in [-0.15, -0.1) is 0 Å². The number of nitrogens with zero attached hydrogens (tertiary/aromatic N) is 1. The van der Waals surface area contributed by atoms with E-state index in [9.17, 15) is 4.79 Å². The first-order valence-electron chi connectivity index (χ1n) is 6.33. The van der Waals surface area contributed by atoms with Crippen LogP contribution in [0.4, 0.5) is 4.79 Å². The van der Waals surface area contributed by atoms with Crippen LogP contribution in [0, 0.1) is 17.8 Å². The zero-order chi connectivity index (χ0) is 11.9. The van der Waals surface area contributed by atoms with Crippen molar-refractivity contribution in [2.24, 2.45) is 17.8 Å². The predicted molar refractivity (Wildman–Crippen MR) is 63.2 cm³/mol. The number of hydrogen-bond donors (Lipinski definition) is 0. The van der Waals surface area contributed by atoms with Crippen molar-refractivity contribution in [3.8, 4) is 0 Å². The van der Waals surface area contributed by atoms with E-state index in [0.717, 1.165) is 30.8 Å². The lowest BCUT2D eigenvalue weighted by Crippen LogP contribution is -2.36. The van der Waals surface area contributed by atoms with Crippen LogP contribution in [0.1, 0.15) is 40.5 Å². The van der Waals surface area contributed by atoms with E-state index in [1.807, 2.05) is 25.7 Å². The van der Waals surface area contributed by atoms with Crippen LogP contribution in [0.15, 0.2) is 0 Å². The largest absolute Gasteiger partial charge is 0.444 e. The molecule has 2 rings (SSSR count). The highest BCUT2D eigenvalue weighted by Gasteiger charge is 2.41. The number of likely N-dealkylation sites (tertiary alicyclic amines) is 1. The number of amides is 1. The van der Waals surface area contributed by atoms with E-state index in [4.69, 9.17) is 4.74 Å². The lowest BCUT2D eigenvalue weighted by Gasteiger charge is -2.25. The minimum absolute atomic E-state index is 0.130. The molecule has 0 radical (unpaired) electrons. The molecule has 16 heavy (non-hydrogen) atoms. The fourth-order valence-electron chi connectivity index (χ4n) is 3.08. The minimum Gasteiger partial charge on any atom is -0.444 e. The van der Waals surface area contributed by atoms with Crippen molar-refractivity contribution in [3.05, 3.63) is 0 Å². The van der Waals surface area contributed by atoms with E-state index >= 15 is 0 Å². The number of hydrogen-bond acceptors (Lipinski definition) is 2. The number of rotatable bonds is 0. The second-order valence-electron chi connectivity index (χ2n) is 6.48. The summed E-state index contributed by atoms with van der Waals surface area (Å²) in [6.45, 7) is 9.89. The second-order valence-corrected chi connectivity index (χ2v) is 6.48. The average molecular weight is 225 g/mol. The molecule has 3 nitrogen and oxygen atoms in total. The van der Waals surface area contributed by atoms with E-state index in [1.54, 1.807) is 0 Å². The highest BCUT2D eigenvalue weighted by atomic mass is 16.6. The first-order valence-corrected chi connectivity index (χ1v) is 6.33. The van der Waals surface area contributed by atoms with E-state index < -0.39 is 0 Å². The molecule has 1 heterocycles. The maximum Gasteiger partial charge on any atom is 0.410 e. The molecule has 2 fully saturated rings. The first-order chi connectivity index (χ1) is 7.35. The third-order valence-corrected chi connectivity index (χ3v) is 3.64. The van der Waals surface area contributed by atoms with Gasteiger partial charge in [-0.2, -0.15) is 0 Å². The number of carbonyl (C=O) groups excluding carboxylic acids is 1. The Morgan fingerprint density at radius 3 is 2.12 bits per heavy atom. The molecule has 3 heteroatoms. The topological polar surface area (TPSA) is 29.5 Å². The Labute approximate surface area is 98.1 Å². The van der Waals surface area contributed by atoms with Gasteiger partial charge in [-0.1, -0.05) is 6.92 Å². The van der Waals surface area contributed by atoms with E-state index in [1.165, 1.54) is 12.8 Å². The molecule has 0 spiro atoms. The van der Waals surface area contributed by atoms with Crippen molar-refractivity contribution in [1.29, 1.82) is 0 Å². The van der Waals surface area contributed by atoms with Crippen molar-refractivity contribution >= 4 is 6.09 Å². The summed E-state index contributed by atoms with van der Waals surface area (Å²) in [6.07, 6.45) is 2.43. The molecule has 1 saturated heterocycles. The molecule has 0 aromatic carbocycles. The fourth-order valence-corrected chi connectivity index (χ4v) is 3.08. The maximum atomic E-state index is 11.9. The molecule has 2 aliphatic rings. The Bertz CT molecular complexity index is 268. The van der Waals surface area contributed by atoms with E-state index in [-0.39, 0.29) is 11.7 Å². The molecule has 2 unspecified atom stereocenters. The standard InChI is InChI=1S/C13H23NO2/c1-9-5-10-7-14(8-11(10)6-9)12(15)16-13(2,3)4/h9-11H,5-8H2,1-4H3. The molecule has 0 aromatic heterocycles. The van der Waals surface area contributed by atoms with E-state index in [0.29, 0.717) is 0 Å². The summed E-state index contributed by atoms with van der Waals surface area (Å²) >= 11 is 0. The lowest BCUT2D eigenvalue weighted by atomic mass is 10.0. The fraction of sp³-hybridized carbons (Fsp3) is 0.923. The van der Waals surface area contributed by atoms with Gasteiger partial charge in [-0.25, -0.2) is 4.79 Å². The van der Waals surface area contributed by atoms with E-state index in [2.05, 4.69) is 6.92 Å². The van der Waals surface area contributed by atoms with Crippen LogP contribution in [-0.2, 0) is 4.74 Å². The molecule has 1 amide bonds. The Morgan fingerprint density at radius 2 is 1.69 bits per heavy atom. The SMILES string of the molecule is CC1CC2CN(C(=O)OC(C)(C)C)CC2C1. The number of fused-ring (bicyclic) bond motifs is 1. The molecule has 92 valence electrons. The molecule has 0 bridgehead atoms. The zero-order valence-electron chi connectivity index (χ0n) is 10.8. The summed E-state index contributed by atoms with van der Waals surface area (Å²) in [5, 5.41) is 0. The smallest absolute Gasteiger partial charge is 0.410 e. The third-order valence-electron chi connectivity index (χ3n) is 3.64. The molecule has 0 aromatic rings. The van der Waals surface area contributed by atoms with Crippen molar-refractivity contribution < 1.29 is 9.53 Å². The van der Waals surface area contributed by atoms with Crippen molar-refractivity contribution in [2.45, 2.75) is 46.1 Å². The van der Waals surface area contributed by atoms with Crippen LogP contribution in [0.5, 0.6) is 0 Å². The van der Waals surface area contributed by atoms with Gasteiger partial charge in [0, 0.05) is 13.1 Å². The van der Waals surface area contributed by atoms with Crippen molar-refractivity contribution in [1.82, 2.24) is 4.90 Å². The van der Waals surface area contributed by atoms with Crippen molar-refractivity contribution in [3.63, 3.8) is 0 Å². The van der Waals surface area contributed by atoms with Gasteiger partial charge in [-0.05, 0) is 51.4 Å². The lowest BCUT2D eigenvalue weighted by molar-refractivity contribution is 0.0278. The van der Waals surface area contributed by atoms with Gasteiger partial charge >= 0.3 is 6.09 Å². The van der Waals surface area contributed by atoms with Gasteiger partial charge in [0.2, 0.25) is 0 Å². The molecular formula is C13H23NO2. The minimum atomic E-state index is -0.373. The van der Waals surface area contributed by atoms with Crippen LogP contribution < -0.4 is 0 Å². The maximum absolute atomic E-state index is 11.9. The summed E-state index contributed by atoms with van der Waals surface area (Å²) in [4.78, 5) is 13.8. The highest BCUT2D eigenvalue weighted by molar-refractivity contribution is 5.68. The molecule has 1 aliphatic heterocycles. The van der Waals surface area contributed by atoms with Crippen LogP contribution >= 0.6 is 0 Å². The van der Waals surface area contributed by atoms with Gasteiger partial charge < -0.3 is 9.64 Å². The Morgan fingerprint density at radius 1 is 1.19 bits per heavy atom. The van der Waals surface area contributed by atoms with Gasteiger partial charge in [0.25, 0.3) is 0 Å². The Balaban J connectivity index is 1.88. The Hall–Kier alpha value is -0.730. The van der Waals surface area contributed by atoms with Crippen LogP contribution in [-0.4, -0.2) is 29.7 Å². The van der Waals surface area contributed by atoms with Crippen LogP contribution in [0.3, 0.4) is 0 Å². The monoisotopic (exact) mass is 225 g/mol. The van der Waals surface area contributed by atoms with Crippen LogP contribution in [0.25, 0.3) is 0 Å². The van der Waals surface area contributed by atoms with Gasteiger partial charge in [0.1, 0.15) is 5.60 Å². The zero-order valence-corrected chi connectivity index (χ0v) is 10.8. The van der Waals surface area contributed by atoms with Gasteiger partial charge in [0.15, 0.2) is 0 Å². The molecular weight excluding hydrogens is 202 g/mol. The first kappa shape index (κ1) is 11.7. The number of carbonyl (C=O) groups is 1. The predicted octanol–water partition coefficient (Wildman–Crippen LogP) is 2.90. The molecule has 2 atom stereocenters. The normalized spacial score (nSPS) is 34.0. The summed E-state index contributed by atoms with van der Waals surface area (Å²) in [6, 6.07) is 0. The summed E-state index contributed by atoms with van der Waals surface area (Å²) in [5.41, 5.74) is -0.373. The quantitative estimate of drug-likeness (QED) is 0.634. The average Bonchev–Trinajstić information content (AvgIpc) is 2.56. The number of ether oxygens (including phenoxy) is 1. The van der Waals surface area contributed by atoms with Crippen molar-refractivity contribution in [2.75, 3.05) is 13.1 Å². The third kappa shape index (κ3) is 2.50. The molecule has 1 saturated carbocycles. The molecule has 1 aliphatic carbocycles. The summed E-state index contributed by atoms with van der Waals surface area (Å²) in [7, 11) is 0.